The molecular weight excluding hydrogens is 214 g/mol. The van der Waals surface area contributed by atoms with E-state index < -0.39 is 0 Å². The minimum absolute atomic E-state index is 0.441. The van der Waals surface area contributed by atoms with E-state index in [0.717, 1.165) is 43.9 Å². The lowest BCUT2D eigenvalue weighted by atomic mass is 10.0. The summed E-state index contributed by atoms with van der Waals surface area (Å²) in [6.07, 6.45) is 0.731. The molecule has 1 aromatic rings. The lowest BCUT2D eigenvalue weighted by molar-refractivity contribution is 0.360. The monoisotopic (exact) mass is 231 g/mol. The molecule has 3 rings (SSSR count). The molecule has 1 fully saturated rings. The van der Waals surface area contributed by atoms with Crippen LogP contribution < -0.4 is 15.0 Å². The number of ether oxygens (including phenoxy) is 1. The number of para-hydroxylation sites is 1. The van der Waals surface area contributed by atoms with Gasteiger partial charge >= 0.3 is 0 Å². The number of nitrogens with one attached hydrogen (secondary N) is 2. The van der Waals surface area contributed by atoms with Gasteiger partial charge in [0.1, 0.15) is 12.4 Å². The molecule has 0 aromatic heterocycles. The van der Waals surface area contributed by atoms with Crippen molar-refractivity contribution in [3.05, 3.63) is 23.8 Å². The van der Waals surface area contributed by atoms with Crippen molar-refractivity contribution in [2.24, 2.45) is 0 Å². The third kappa shape index (κ3) is 2.00. The van der Waals surface area contributed by atoms with Crippen LogP contribution in [0.3, 0.4) is 0 Å². The second-order valence-corrected chi connectivity index (χ2v) is 4.57. The Kier molecular flexibility index (Phi) is 2.73. The quantitative estimate of drug-likeness (QED) is 0.759. The molecule has 2 aliphatic rings. The Hall–Kier alpha value is -1.55. The summed E-state index contributed by atoms with van der Waals surface area (Å²) >= 11 is 0. The third-order valence-corrected chi connectivity index (χ3v) is 3.33. The second-order valence-electron chi connectivity index (χ2n) is 4.57. The van der Waals surface area contributed by atoms with Gasteiger partial charge in [0.2, 0.25) is 0 Å². The number of benzene rings is 1. The molecule has 90 valence electrons. The van der Waals surface area contributed by atoms with Gasteiger partial charge in [0.25, 0.3) is 0 Å². The summed E-state index contributed by atoms with van der Waals surface area (Å²) in [4.78, 5) is 2.37. The number of hydrogen-bond acceptors (Lipinski definition) is 4. The maximum absolute atomic E-state index is 7.69. The SMILES string of the molecule is N=C1COc2c(cccc2N2CCNCC2)C1. The highest BCUT2D eigenvalue weighted by molar-refractivity contribution is 5.88. The predicted octanol–water partition coefficient (Wildman–Crippen LogP) is 1.05. The fourth-order valence-electron chi connectivity index (χ4n) is 2.47. The molecule has 0 aliphatic carbocycles. The van der Waals surface area contributed by atoms with Crippen molar-refractivity contribution < 1.29 is 4.74 Å². The fraction of sp³-hybridized carbons (Fsp3) is 0.462. The summed E-state index contributed by atoms with van der Waals surface area (Å²) in [6, 6.07) is 6.26. The Bertz CT molecular complexity index is 438. The molecule has 1 aromatic carbocycles. The summed E-state index contributed by atoms with van der Waals surface area (Å²) < 4.78 is 5.73. The van der Waals surface area contributed by atoms with Gasteiger partial charge in [-0.05, 0) is 6.07 Å². The van der Waals surface area contributed by atoms with E-state index in [2.05, 4.69) is 28.4 Å². The Morgan fingerprint density at radius 2 is 2.06 bits per heavy atom. The Morgan fingerprint density at radius 1 is 1.24 bits per heavy atom. The standard InChI is InChI=1S/C13H17N3O/c14-11-8-10-2-1-3-12(13(10)17-9-11)16-6-4-15-5-7-16/h1-3,14-15H,4-9H2. The molecule has 4 heteroatoms. The van der Waals surface area contributed by atoms with Gasteiger partial charge in [0, 0.05) is 38.2 Å². The number of hydrogen-bond donors (Lipinski definition) is 2. The van der Waals surface area contributed by atoms with Crippen molar-refractivity contribution >= 4 is 11.4 Å². The van der Waals surface area contributed by atoms with Crippen LogP contribution in [0.2, 0.25) is 0 Å². The summed E-state index contributed by atoms with van der Waals surface area (Å²) in [7, 11) is 0. The normalized spacial score (nSPS) is 19.8. The first-order chi connectivity index (χ1) is 8.34. The van der Waals surface area contributed by atoms with Crippen LogP contribution in [0.5, 0.6) is 5.75 Å². The minimum Gasteiger partial charge on any atom is -0.485 e. The molecule has 0 atom stereocenters. The van der Waals surface area contributed by atoms with Crippen LogP contribution in [0.4, 0.5) is 5.69 Å². The molecule has 0 saturated carbocycles. The van der Waals surface area contributed by atoms with Crippen molar-refractivity contribution in [3.8, 4) is 5.75 Å². The molecule has 2 heterocycles. The van der Waals surface area contributed by atoms with Gasteiger partial charge in [-0.1, -0.05) is 12.1 Å². The molecule has 0 unspecified atom stereocenters. The van der Waals surface area contributed by atoms with Gasteiger partial charge in [-0.2, -0.15) is 0 Å². The highest BCUT2D eigenvalue weighted by Crippen LogP contribution is 2.34. The summed E-state index contributed by atoms with van der Waals surface area (Å²) in [5.41, 5.74) is 3.00. The number of piperazine rings is 1. The van der Waals surface area contributed by atoms with E-state index in [1.165, 1.54) is 5.69 Å². The molecular formula is C13H17N3O. The maximum atomic E-state index is 7.69. The first-order valence-corrected chi connectivity index (χ1v) is 6.11. The van der Waals surface area contributed by atoms with E-state index in [9.17, 15) is 0 Å². The zero-order chi connectivity index (χ0) is 11.7. The molecule has 2 N–H and O–H groups in total. The van der Waals surface area contributed by atoms with E-state index in [1.54, 1.807) is 0 Å². The van der Waals surface area contributed by atoms with Crippen molar-refractivity contribution in [2.45, 2.75) is 6.42 Å². The summed E-state index contributed by atoms with van der Waals surface area (Å²) in [5, 5.41) is 11.0. The van der Waals surface area contributed by atoms with Gasteiger partial charge in [0.15, 0.2) is 0 Å². The molecule has 0 radical (unpaired) electrons. The predicted molar refractivity (Wildman–Crippen MR) is 68.5 cm³/mol. The average molecular weight is 231 g/mol. The molecule has 1 saturated heterocycles. The Labute approximate surface area is 101 Å². The van der Waals surface area contributed by atoms with Crippen LogP contribution in [-0.2, 0) is 6.42 Å². The molecule has 4 nitrogen and oxygen atoms in total. The topological polar surface area (TPSA) is 48.4 Å². The van der Waals surface area contributed by atoms with Gasteiger partial charge in [-0.25, -0.2) is 0 Å². The van der Waals surface area contributed by atoms with Crippen LogP contribution in [0.1, 0.15) is 5.56 Å². The van der Waals surface area contributed by atoms with Crippen LogP contribution in [0, 0.1) is 5.41 Å². The van der Waals surface area contributed by atoms with Gasteiger partial charge in [-0.15, -0.1) is 0 Å². The van der Waals surface area contributed by atoms with E-state index in [0.29, 0.717) is 12.3 Å². The van der Waals surface area contributed by atoms with Crippen LogP contribution in [-0.4, -0.2) is 38.5 Å². The van der Waals surface area contributed by atoms with E-state index in [4.69, 9.17) is 10.1 Å². The van der Waals surface area contributed by atoms with Crippen molar-refractivity contribution in [2.75, 3.05) is 37.7 Å². The summed E-state index contributed by atoms with van der Waals surface area (Å²) in [6.45, 7) is 4.55. The minimum atomic E-state index is 0.441. The second kappa shape index (κ2) is 4.37. The largest absolute Gasteiger partial charge is 0.485 e. The Balaban J connectivity index is 1.94. The molecule has 0 spiro atoms. The van der Waals surface area contributed by atoms with Gasteiger partial charge < -0.3 is 20.4 Å². The zero-order valence-corrected chi connectivity index (χ0v) is 9.83. The first kappa shape index (κ1) is 10.6. The smallest absolute Gasteiger partial charge is 0.146 e. The first-order valence-electron chi connectivity index (χ1n) is 6.11. The highest BCUT2D eigenvalue weighted by atomic mass is 16.5. The molecule has 17 heavy (non-hydrogen) atoms. The van der Waals surface area contributed by atoms with E-state index >= 15 is 0 Å². The van der Waals surface area contributed by atoms with Crippen LogP contribution in [0.25, 0.3) is 0 Å². The van der Waals surface area contributed by atoms with Crippen molar-refractivity contribution in [3.63, 3.8) is 0 Å². The van der Waals surface area contributed by atoms with E-state index in [-0.39, 0.29) is 0 Å². The average Bonchev–Trinajstić information content (AvgIpc) is 2.39. The number of anilines is 1. The Morgan fingerprint density at radius 3 is 2.88 bits per heavy atom. The van der Waals surface area contributed by atoms with Crippen molar-refractivity contribution in [1.82, 2.24) is 5.32 Å². The number of nitrogens with zero attached hydrogens (tertiary/aromatic N) is 1. The number of rotatable bonds is 1. The molecule has 2 aliphatic heterocycles. The lowest BCUT2D eigenvalue weighted by Crippen LogP contribution is -2.43. The van der Waals surface area contributed by atoms with Gasteiger partial charge in [0.05, 0.1) is 11.4 Å². The van der Waals surface area contributed by atoms with Crippen molar-refractivity contribution in [1.29, 1.82) is 5.41 Å². The zero-order valence-electron chi connectivity index (χ0n) is 9.83. The third-order valence-electron chi connectivity index (χ3n) is 3.33. The van der Waals surface area contributed by atoms with Gasteiger partial charge in [-0.3, -0.25) is 0 Å². The van der Waals surface area contributed by atoms with Crippen LogP contribution >= 0.6 is 0 Å². The fourth-order valence-corrected chi connectivity index (χ4v) is 2.47. The van der Waals surface area contributed by atoms with E-state index in [1.807, 2.05) is 0 Å². The maximum Gasteiger partial charge on any atom is 0.146 e. The molecule has 0 bridgehead atoms. The van der Waals surface area contributed by atoms with Crippen LogP contribution in [0.15, 0.2) is 18.2 Å². The number of fused-ring (bicyclic) bond motifs is 1. The lowest BCUT2D eigenvalue weighted by Gasteiger charge is -2.32. The molecule has 0 amide bonds. The summed E-state index contributed by atoms with van der Waals surface area (Å²) in [5.74, 6) is 0.991. The highest BCUT2D eigenvalue weighted by Gasteiger charge is 2.21.